The highest BCUT2D eigenvalue weighted by atomic mass is 16.4. The second-order valence-electron chi connectivity index (χ2n) is 6.75. The van der Waals surface area contributed by atoms with E-state index in [-0.39, 0.29) is 5.92 Å². The van der Waals surface area contributed by atoms with E-state index >= 15 is 0 Å². The number of hydrogen-bond acceptors (Lipinski definition) is 2. The quantitative estimate of drug-likeness (QED) is 0.822. The second-order valence-corrected chi connectivity index (χ2v) is 6.75. The van der Waals surface area contributed by atoms with Gasteiger partial charge in [0.15, 0.2) is 0 Å². The monoisotopic (exact) mass is 241 g/mol. The molecule has 0 aromatic carbocycles. The van der Waals surface area contributed by atoms with Crippen molar-refractivity contribution in [2.75, 3.05) is 13.6 Å². The van der Waals surface area contributed by atoms with Crippen molar-refractivity contribution in [1.82, 2.24) is 4.90 Å². The highest BCUT2D eigenvalue weighted by Gasteiger charge is 2.34. The van der Waals surface area contributed by atoms with Crippen molar-refractivity contribution in [2.24, 2.45) is 17.3 Å². The molecule has 0 aromatic heterocycles. The normalized spacial score (nSPS) is 30.2. The number of rotatable bonds is 4. The fourth-order valence-corrected chi connectivity index (χ4v) is 3.29. The van der Waals surface area contributed by atoms with Crippen molar-refractivity contribution in [1.29, 1.82) is 0 Å². The molecule has 0 spiro atoms. The standard InChI is InChI=1S/C14H27NO2/c1-10-6-12(8-14(3,4)7-10)15(5)9-11(2)13(16)17/h10-12H,6-9H2,1-5H3,(H,16,17). The molecule has 0 saturated heterocycles. The molecule has 0 amide bonds. The molecule has 1 fully saturated rings. The number of carbonyl (C=O) groups is 1. The summed E-state index contributed by atoms with van der Waals surface area (Å²) in [5.41, 5.74) is 0.392. The minimum Gasteiger partial charge on any atom is -0.481 e. The predicted octanol–water partition coefficient (Wildman–Crippen LogP) is 2.85. The third kappa shape index (κ3) is 4.30. The Labute approximate surface area is 105 Å². The molecule has 1 aliphatic carbocycles. The lowest BCUT2D eigenvalue weighted by Crippen LogP contribution is -2.43. The molecule has 0 aromatic rings. The van der Waals surface area contributed by atoms with Gasteiger partial charge in [-0.3, -0.25) is 4.79 Å². The maximum atomic E-state index is 10.9. The Kier molecular flexibility index (Phi) is 4.59. The van der Waals surface area contributed by atoms with Crippen molar-refractivity contribution in [2.45, 2.75) is 53.0 Å². The van der Waals surface area contributed by atoms with Gasteiger partial charge in [0.05, 0.1) is 5.92 Å². The zero-order valence-electron chi connectivity index (χ0n) is 11.9. The molecule has 3 atom stereocenters. The van der Waals surface area contributed by atoms with E-state index in [0.29, 0.717) is 18.0 Å². The summed E-state index contributed by atoms with van der Waals surface area (Å²) in [6.45, 7) is 9.40. The van der Waals surface area contributed by atoms with Gasteiger partial charge in [-0.1, -0.05) is 27.7 Å². The van der Waals surface area contributed by atoms with Crippen molar-refractivity contribution in [3.63, 3.8) is 0 Å². The SMILES string of the molecule is CC1CC(N(C)CC(C)C(=O)O)CC(C)(C)C1. The summed E-state index contributed by atoms with van der Waals surface area (Å²) in [7, 11) is 2.07. The summed E-state index contributed by atoms with van der Waals surface area (Å²) in [5, 5.41) is 8.96. The van der Waals surface area contributed by atoms with Gasteiger partial charge in [0, 0.05) is 12.6 Å². The van der Waals surface area contributed by atoms with Crippen LogP contribution in [0.2, 0.25) is 0 Å². The van der Waals surface area contributed by atoms with Gasteiger partial charge in [0.1, 0.15) is 0 Å². The van der Waals surface area contributed by atoms with Gasteiger partial charge in [-0.15, -0.1) is 0 Å². The van der Waals surface area contributed by atoms with Gasteiger partial charge in [-0.25, -0.2) is 0 Å². The van der Waals surface area contributed by atoms with E-state index in [0.717, 1.165) is 5.92 Å². The molecule has 0 aliphatic heterocycles. The predicted molar refractivity (Wildman–Crippen MR) is 70.0 cm³/mol. The van der Waals surface area contributed by atoms with Crippen LogP contribution in [0.3, 0.4) is 0 Å². The van der Waals surface area contributed by atoms with Crippen LogP contribution in [-0.2, 0) is 4.79 Å². The minimum absolute atomic E-state index is 0.277. The lowest BCUT2D eigenvalue weighted by molar-refractivity contribution is -0.141. The second kappa shape index (κ2) is 5.38. The number of carboxylic acids is 1. The highest BCUT2D eigenvalue weighted by Crippen LogP contribution is 2.40. The molecule has 1 rings (SSSR count). The molecule has 3 heteroatoms. The molecule has 3 nitrogen and oxygen atoms in total. The molecular formula is C14H27NO2. The highest BCUT2D eigenvalue weighted by molar-refractivity contribution is 5.69. The van der Waals surface area contributed by atoms with Crippen LogP contribution < -0.4 is 0 Å². The van der Waals surface area contributed by atoms with Crippen LogP contribution in [0.1, 0.15) is 47.0 Å². The Morgan fingerprint density at radius 1 is 1.47 bits per heavy atom. The first-order chi connectivity index (χ1) is 7.71. The van der Waals surface area contributed by atoms with Crippen molar-refractivity contribution in [3.8, 4) is 0 Å². The molecule has 3 unspecified atom stereocenters. The summed E-state index contributed by atoms with van der Waals surface area (Å²) >= 11 is 0. The molecule has 100 valence electrons. The summed E-state index contributed by atoms with van der Waals surface area (Å²) in [5.74, 6) is -0.230. The van der Waals surface area contributed by atoms with Crippen molar-refractivity contribution >= 4 is 5.97 Å². The van der Waals surface area contributed by atoms with Gasteiger partial charge in [-0.2, -0.15) is 0 Å². The lowest BCUT2D eigenvalue weighted by atomic mass is 9.70. The van der Waals surface area contributed by atoms with Crippen LogP contribution in [-0.4, -0.2) is 35.6 Å². The topological polar surface area (TPSA) is 40.5 Å². The van der Waals surface area contributed by atoms with E-state index in [1.165, 1.54) is 19.3 Å². The van der Waals surface area contributed by atoms with Gasteiger partial charge in [0.25, 0.3) is 0 Å². The third-order valence-corrected chi connectivity index (χ3v) is 3.97. The van der Waals surface area contributed by atoms with Gasteiger partial charge >= 0.3 is 5.97 Å². The van der Waals surface area contributed by atoms with Crippen LogP contribution in [0.25, 0.3) is 0 Å². The molecule has 1 N–H and O–H groups in total. The molecule has 17 heavy (non-hydrogen) atoms. The van der Waals surface area contributed by atoms with Crippen LogP contribution in [0.5, 0.6) is 0 Å². The maximum absolute atomic E-state index is 10.9. The van der Waals surface area contributed by atoms with Crippen molar-refractivity contribution in [3.05, 3.63) is 0 Å². The molecular weight excluding hydrogens is 214 g/mol. The summed E-state index contributed by atoms with van der Waals surface area (Å²) in [6.07, 6.45) is 3.66. The van der Waals surface area contributed by atoms with Crippen LogP contribution in [0.15, 0.2) is 0 Å². The van der Waals surface area contributed by atoms with E-state index in [1.807, 2.05) is 0 Å². The third-order valence-electron chi connectivity index (χ3n) is 3.97. The van der Waals surface area contributed by atoms with Crippen LogP contribution >= 0.6 is 0 Å². The first kappa shape index (κ1) is 14.5. The first-order valence-corrected chi connectivity index (χ1v) is 6.64. The van der Waals surface area contributed by atoms with E-state index in [4.69, 9.17) is 5.11 Å². The van der Waals surface area contributed by atoms with Crippen LogP contribution in [0.4, 0.5) is 0 Å². The van der Waals surface area contributed by atoms with Gasteiger partial charge in [-0.05, 0) is 37.6 Å². The fourth-order valence-electron chi connectivity index (χ4n) is 3.29. The summed E-state index contributed by atoms with van der Waals surface area (Å²) in [4.78, 5) is 13.1. The molecule has 0 heterocycles. The Hall–Kier alpha value is -0.570. The average molecular weight is 241 g/mol. The average Bonchev–Trinajstić information content (AvgIpc) is 2.13. The van der Waals surface area contributed by atoms with Crippen molar-refractivity contribution < 1.29 is 9.90 Å². The van der Waals surface area contributed by atoms with E-state index < -0.39 is 5.97 Å². The van der Waals surface area contributed by atoms with Gasteiger partial charge in [0.2, 0.25) is 0 Å². The Bertz CT molecular complexity index is 275. The summed E-state index contributed by atoms with van der Waals surface area (Å²) < 4.78 is 0. The molecule has 0 radical (unpaired) electrons. The number of hydrogen-bond donors (Lipinski definition) is 1. The van der Waals surface area contributed by atoms with Crippen LogP contribution in [0, 0.1) is 17.3 Å². The number of aliphatic carboxylic acids is 1. The first-order valence-electron chi connectivity index (χ1n) is 6.64. The smallest absolute Gasteiger partial charge is 0.307 e. The van der Waals surface area contributed by atoms with Gasteiger partial charge < -0.3 is 10.0 Å². The molecule has 1 saturated carbocycles. The number of carboxylic acid groups (broad SMARTS) is 1. The molecule has 1 aliphatic rings. The zero-order valence-corrected chi connectivity index (χ0v) is 11.9. The van der Waals surface area contributed by atoms with E-state index in [1.54, 1.807) is 6.92 Å². The maximum Gasteiger partial charge on any atom is 0.307 e. The zero-order chi connectivity index (χ0) is 13.2. The van der Waals surface area contributed by atoms with E-state index in [2.05, 4.69) is 32.7 Å². The fraction of sp³-hybridized carbons (Fsp3) is 0.929. The summed E-state index contributed by atoms with van der Waals surface area (Å²) in [6, 6.07) is 0.538. The number of nitrogens with zero attached hydrogens (tertiary/aromatic N) is 1. The Morgan fingerprint density at radius 2 is 2.06 bits per heavy atom. The Morgan fingerprint density at radius 3 is 2.53 bits per heavy atom. The largest absolute Gasteiger partial charge is 0.481 e. The lowest BCUT2D eigenvalue weighted by Gasteiger charge is -2.43. The Balaban J connectivity index is 2.56. The van der Waals surface area contributed by atoms with E-state index in [9.17, 15) is 4.79 Å². The molecule has 0 bridgehead atoms. The minimum atomic E-state index is -0.694.